The highest BCUT2D eigenvalue weighted by atomic mass is 32.1. The first-order chi connectivity index (χ1) is 8.22. The summed E-state index contributed by atoms with van der Waals surface area (Å²) >= 11 is 1.75. The maximum Gasteiger partial charge on any atom is 0.0798 e. The Morgan fingerprint density at radius 2 is 2.24 bits per heavy atom. The highest BCUT2D eigenvalue weighted by Crippen LogP contribution is 2.30. The summed E-state index contributed by atoms with van der Waals surface area (Å²) in [7, 11) is 2.20. The van der Waals surface area contributed by atoms with E-state index in [0.29, 0.717) is 6.04 Å². The lowest BCUT2D eigenvalue weighted by Gasteiger charge is -2.31. The number of aromatic nitrogens is 1. The fourth-order valence-electron chi connectivity index (χ4n) is 2.90. The minimum Gasteiger partial charge on any atom is -0.329 e. The summed E-state index contributed by atoms with van der Waals surface area (Å²) in [5, 5.41) is 0. The van der Waals surface area contributed by atoms with E-state index < -0.39 is 0 Å². The maximum absolute atomic E-state index is 5.97. The van der Waals surface area contributed by atoms with Crippen LogP contribution in [-0.4, -0.2) is 29.5 Å². The van der Waals surface area contributed by atoms with E-state index >= 15 is 0 Å². The molecule has 17 heavy (non-hydrogen) atoms. The Bertz CT molecular complexity index is 344. The molecule has 0 amide bonds. The third-order valence-corrected chi connectivity index (χ3v) is 4.91. The van der Waals surface area contributed by atoms with Crippen LogP contribution >= 0.6 is 11.3 Å². The van der Waals surface area contributed by atoms with Crippen LogP contribution in [0.5, 0.6) is 0 Å². The van der Waals surface area contributed by atoms with Gasteiger partial charge in [-0.05, 0) is 32.7 Å². The fourth-order valence-corrected chi connectivity index (χ4v) is 3.74. The van der Waals surface area contributed by atoms with E-state index in [1.165, 1.54) is 36.3 Å². The van der Waals surface area contributed by atoms with E-state index in [1.54, 1.807) is 11.3 Å². The first kappa shape index (κ1) is 13.0. The molecule has 0 bridgehead atoms. The Morgan fingerprint density at radius 3 is 2.76 bits per heavy atom. The summed E-state index contributed by atoms with van der Waals surface area (Å²) in [5.74, 6) is 0.804. The molecule has 2 rings (SSSR count). The van der Waals surface area contributed by atoms with Crippen molar-refractivity contribution < 1.29 is 0 Å². The predicted molar refractivity (Wildman–Crippen MR) is 73.1 cm³/mol. The summed E-state index contributed by atoms with van der Waals surface area (Å²) in [6.45, 7) is 3.86. The minimum absolute atomic E-state index is 0.541. The zero-order valence-electron chi connectivity index (χ0n) is 10.9. The number of aryl methyl sites for hydroxylation is 1. The van der Waals surface area contributed by atoms with Crippen LogP contribution in [0.3, 0.4) is 0 Å². The van der Waals surface area contributed by atoms with Gasteiger partial charge >= 0.3 is 0 Å². The molecule has 1 unspecified atom stereocenters. The number of nitrogens with zero attached hydrogens (tertiary/aromatic N) is 2. The number of hydrogen-bond acceptors (Lipinski definition) is 4. The second-order valence-corrected chi connectivity index (χ2v) is 6.06. The summed E-state index contributed by atoms with van der Waals surface area (Å²) < 4.78 is 0. The average Bonchev–Trinajstić information content (AvgIpc) is 2.93. The van der Waals surface area contributed by atoms with E-state index in [9.17, 15) is 0 Å². The van der Waals surface area contributed by atoms with Gasteiger partial charge in [-0.3, -0.25) is 4.90 Å². The molecule has 1 aromatic rings. The van der Waals surface area contributed by atoms with Gasteiger partial charge < -0.3 is 5.73 Å². The molecular weight excluding hydrogens is 230 g/mol. The number of hydrogen-bond donors (Lipinski definition) is 1. The van der Waals surface area contributed by atoms with Crippen LogP contribution in [0, 0.1) is 12.8 Å². The van der Waals surface area contributed by atoms with Gasteiger partial charge in [0.25, 0.3) is 0 Å². The molecule has 0 radical (unpaired) electrons. The lowest BCUT2D eigenvalue weighted by molar-refractivity contribution is 0.175. The van der Waals surface area contributed by atoms with Crippen molar-refractivity contribution in [3.05, 3.63) is 16.1 Å². The van der Waals surface area contributed by atoms with Gasteiger partial charge in [0, 0.05) is 24.0 Å². The second-order valence-electron chi connectivity index (χ2n) is 5.12. The first-order valence-corrected chi connectivity index (χ1v) is 7.39. The molecule has 1 aliphatic carbocycles. The Morgan fingerprint density at radius 1 is 1.53 bits per heavy atom. The molecule has 1 fully saturated rings. The van der Waals surface area contributed by atoms with Crippen molar-refractivity contribution in [2.45, 2.75) is 45.2 Å². The lowest BCUT2D eigenvalue weighted by Crippen LogP contribution is -2.42. The summed E-state index contributed by atoms with van der Waals surface area (Å²) in [5.41, 5.74) is 9.07. The van der Waals surface area contributed by atoms with Gasteiger partial charge in [0.05, 0.1) is 11.2 Å². The van der Waals surface area contributed by atoms with Gasteiger partial charge in [-0.25, -0.2) is 4.98 Å². The monoisotopic (exact) mass is 253 g/mol. The van der Waals surface area contributed by atoms with Gasteiger partial charge in [-0.2, -0.15) is 0 Å². The smallest absolute Gasteiger partial charge is 0.0798 e. The third-order valence-electron chi connectivity index (χ3n) is 3.99. The van der Waals surface area contributed by atoms with E-state index in [4.69, 9.17) is 5.73 Å². The average molecular weight is 253 g/mol. The highest BCUT2D eigenvalue weighted by Gasteiger charge is 2.27. The number of nitrogens with two attached hydrogens (primary N) is 1. The molecule has 1 heterocycles. The summed E-state index contributed by atoms with van der Waals surface area (Å²) in [6, 6.07) is 0.541. The zero-order chi connectivity index (χ0) is 12.3. The van der Waals surface area contributed by atoms with Gasteiger partial charge in [0.15, 0.2) is 0 Å². The normalized spacial score (nSPS) is 19.1. The Hall–Kier alpha value is -0.450. The van der Waals surface area contributed by atoms with Gasteiger partial charge in [-0.1, -0.05) is 12.8 Å². The van der Waals surface area contributed by atoms with Crippen molar-refractivity contribution in [3.63, 3.8) is 0 Å². The Labute approximate surface area is 108 Å². The molecule has 0 spiro atoms. The molecular formula is C13H23N3S. The molecule has 96 valence electrons. The molecule has 4 heteroatoms. The van der Waals surface area contributed by atoms with Crippen molar-refractivity contribution in [2.24, 2.45) is 11.7 Å². The van der Waals surface area contributed by atoms with E-state index in [1.807, 2.05) is 5.51 Å². The predicted octanol–water partition coefficient (Wildman–Crippen LogP) is 2.40. The molecule has 1 atom stereocenters. The second kappa shape index (κ2) is 5.94. The molecule has 0 saturated heterocycles. The topological polar surface area (TPSA) is 42.2 Å². The van der Waals surface area contributed by atoms with Crippen LogP contribution in [0.15, 0.2) is 5.51 Å². The standard InChI is InChI=1S/C13H23N3S/c1-10-13(17-9-15-10)8-16(2)12(7-14)11-5-3-4-6-11/h9,11-12H,3-8,14H2,1-2H3. The van der Waals surface area contributed by atoms with Gasteiger partial charge in [0.1, 0.15) is 0 Å². The minimum atomic E-state index is 0.541. The van der Waals surface area contributed by atoms with Gasteiger partial charge in [0.2, 0.25) is 0 Å². The van der Waals surface area contributed by atoms with Crippen LogP contribution < -0.4 is 5.73 Å². The van der Waals surface area contributed by atoms with Crippen molar-refractivity contribution in [3.8, 4) is 0 Å². The van der Waals surface area contributed by atoms with Crippen LogP contribution in [0.4, 0.5) is 0 Å². The van der Waals surface area contributed by atoms with Crippen molar-refractivity contribution in [2.75, 3.05) is 13.6 Å². The van der Waals surface area contributed by atoms with Crippen LogP contribution in [0.1, 0.15) is 36.3 Å². The van der Waals surface area contributed by atoms with Gasteiger partial charge in [-0.15, -0.1) is 11.3 Å². The Balaban J connectivity index is 1.97. The summed E-state index contributed by atoms with van der Waals surface area (Å²) in [6.07, 6.45) is 5.48. The molecule has 3 nitrogen and oxygen atoms in total. The van der Waals surface area contributed by atoms with Crippen molar-refractivity contribution >= 4 is 11.3 Å². The molecule has 1 saturated carbocycles. The summed E-state index contributed by atoms with van der Waals surface area (Å²) in [4.78, 5) is 8.12. The number of thiazole rings is 1. The lowest BCUT2D eigenvalue weighted by atomic mass is 9.97. The van der Waals surface area contributed by atoms with Crippen LogP contribution in [0.2, 0.25) is 0 Å². The van der Waals surface area contributed by atoms with Crippen molar-refractivity contribution in [1.82, 2.24) is 9.88 Å². The first-order valence-electron chi connectivity index (χ1n) is 6.51. The molecule has 1 aromatic heterocycles. The van der Waals surface area contributed by atoms with E-state index in [-0.39, 0.29) is 0 Å². The zero-order valence-corrected chi connectivity index (χ0v) is 11.7. The quantitative estimate of drug-likeness (QED) is 0.876. The third kappa shape index (κ3) is 3.06. The maximum atomic E-state index is 5.97. The molecule has 0 aliphatic heterocycles. The molecule has 0 aromatic carbocycles. The van der Waals surface area contributed by atoms with Crippen LogP contribution in [0.25, 0.3) is 0 Å². The van der Waals surface area contributed by atoms with E-state index in [2.05, 4.69) is 23.9 Å². The molecule has 1 aliphatic rings. The SMILES string of the molecule is Cc1ncsc1CN(C)C(CN)C1CCCC1. The number of likely N-dealkylation sites (N-methyl/N-ethyl adjacent to an activating group) is 1. The highest BCUT2D eigenvalue weighted by molar-refractivity contribution is 7.09. The van der Waals surface area contributed by atoms with E-state index in [0.717, 1.165) is 19.0 Å². The van der Waals surface area contributed by atoms with Crippen LogP contribution in [-0.2, 0) is 6.54 Å². The Kier molecular flexibility index (Phi) is 4.54. The fraction of sp³-hybridized carbons (Fsp3) is 0.769. The largest absolute Gasteiger partial charge is 0.329 e. The molecule has 2 N–H and O–H groups in total. The number of rotatable bonds is 5. The van der Waals surface area contributed by atoms with Crippen molar-refractivity contribution in [1.29, 1.82) is 0 Å².